The number of phosphoric ester groups is 1. The standard InChI is InChI=1S/C41H74NO11P/c1-5-7-8-9-13-18-24-36(43)37(44)25-19-14-12-17-21-27-40(45)49-31-35(32-51-54(47,48)50-30-29-42)52-41(46)28-22-16-11-10-15-20-26-39-34(4)33(3)38(53-39)23-6-2/h13,18,35-37,43-44H,5-12,14-17,19-32,42H2,1-4H3,(H,47,48)/b18-13-/t35-,36-,37-/m1/s1. The summed E-state index contributed by atoms with van der Waals surface area (Å²) in [6, 6.07) is 0. The van der Waals surface area contributed by atoms with Gasteiger partial charge in [0.05, 0.1) is 25.4 Å². The lowest BCUT2D eigenvalue weighted by Crippen LogP contribution is -2.29. The molecule has 0 aliphatic heterocycles. The van der Waals surface area contributed by atoms with Crippen LogP contribution in [0.1, 0.15) is 165 Å². The Hall–Kier alpha value is -2.05. The van der Waals surface area contributed by atoms with Crippen LogP contribution in [0.5, 0.6) is 0 Å². The maximum absolute atomic E-state index is 12.6. The van der Waals surface area contributed by atoms with Crippen LogP contribution in [0, 0.1) is 13.8 Å². The number of esters is 2. The van der Waals surface area contributed by atoms with Crippen molar-refractivity contribution in [2.75, 3.05) is 26.4 Å². The van der Waals surface area contributed by atoms with Crippen LogP contribution in [0.4, 0.5) is 0 Å². The summed E-state index contributed by atoms with van der Waals surface area (Å²) in [4.78, 5) is 34.9. The zero-order chi connectivity index (χ0) is 40.0. The molecule has 4 atom stereocenters. The monoisotopic (exact) mass is 787 g/mol. The minimum atomic E-state index is -4.42. The molecule has 54 heavy (non-hydrogen) atoms. The summed E-state index contributed by atoms with van der Waals surface area (Å²) in [5.41, 5.74) is 7.88. The highest BCUT2D eigenvalue weighted by molar-refractivity contribution is 7.47. The Kier molecular flexibility index (Phi) is 28.8. The molecule has 1 heterocycles. The van der Waals surface area contributed by atoms with Gasteiger partial charge in [-0.3, -0.25) is 18.6 Å². The number of allylic oxidation sites excluding steroid dienone is 1. The van der Waals surface area contributed by atoms with Crippen LogP contribution in [-0.4, -0.2) is 71.7 Å². The molecule has 0 aromatic carbocycles. The molecule has 1 rings (SSSR count). The third-order valence-corrected chi connectivity index (χ3v) is 10.5. The zero-order valence-corrected chi connectivity index (χ0v) is 34.8. The van der Waals surface area contributed by atoms with Gasteiger partial charge in [-0.1, -0.05) is 90.2 Å². The number of phosphoric acid groups is 1. The Bertz CT molecular complexity index is 1200. The molecule has 5 N–H and O–H groups in total. The van der Waals surface area contributed by atoms with Crippen LogP contribution >= 0.6 is 7.82 Å². The number of carbonyl (C=O) groups is 2. The minimum absolute atomic E-state index is 0.0232. The number of rotatable bonds is 35. The fourth-order valence-electron chi connectivity index (χ4n) is 6.06. The summed E-state index contributed by atoms with van der Waals surface area (Å²) in [5, 5.41) is 20.4. The molecule has 0 aliphatic carbocycles. The van der Waals surface area contributed by atoms with Crippen molar-refractivity contribution in [3.63, 3.8) is 0 Å². The van der Waals surface area contributed by atoms with Crippen molar-refractivity contribution in [1.82, 2.24) is 0 Å². The quantitative estimate of drug-likeness (QED) is 0.0222. The van der Waals surface area contributed by atoms with Gasteiger partial charge in [0.15, 0.2) is 6.10 Å². The molecule has 1 aromatic heterocycles. The molecule has 0 aliphatic rings. The molecule has 0 saturated carbocycles. The Morgan fingerprint density at radius 3 is 2.00 bits per heavy atom. The van der Waals surface area contributed by atoms with Gasteiger partial charge >= 0.3 is 19.8 Å². The van der Waals surface area contributed by atoms with Crippen LogP contribution in [0.3, 0.4) is 0 Å². The lowest BCUT2D eigenvalue weighted by Gasteiger charge is -2.20. The van der Waals surface area contributed by atoms with E-state index in [4.69, 9.17) is 28.7 Å². The Labute approximate surface area is 325 Å². The molecule has 0 saturated heterocycles. The van der Waals surface area contributed by atoms with Crippen molar-refractivity contribution in [3.05, 3.63) is 34.8 Å². The molecule has 0 radical (unpaired) electrons. The SMILES string of the molecule is CCCCC/C=C\C[C@@H](O)[C@H](O)CCCCCCCC(=O)OC[C@H](COP(=O)(O)OCCN)OC(=O)CCCCCCCCc1oc(CCC)c(C)c1C. The van der Waals surface area contributed by atoms with E-state index in [1.54, 1.807) is 0 Å². The van der Waals surface area contributed by atoms with E-state index in [0.717, 1.165) is 101 Å². The highest BCUT2D eigenvalue weighted by Gasteiger charge is 2.26. The lowest BCUT2D eigenvalue weighted by molar-refractivity contribution is -0.161. The third-order valence-electron chi connectivity index (χ3n) is 9.52. The largest absolute Gasteiger partial charge is 0.472 e. The van der Waals surface area contributed by atoms with Gasteiger partial charge in [0.2, 0.25) is 0 Å². The Morgan fingerprint density at radius 1 is 0.741 bits per heavy atom. The van der Waals surface area contributed by atoms with Crippen LogP contribution in [0.2, 0.25) is 0 Å². The Morgan fingerprint density at radius 2 is 1.35 bits per heavy atom. The fourth-order valence-corrected chi connectivity index (χ4v) is 6.82. The van der Waals surface area contributed by atoms with E-state index in [1.807, 2.05) is 6.08 Å². The molecule has 0 spiro atoms. The number of unbranched alkanes of at least 4 members (excludes halogenated alkanes) is 12. The van der Waals surface area contributed by atoms with E-state index in [-0.39, 0.29) is 32.6 Å². The van der Waals surface area contributed by atoms with Crippen molar-refractivity contribution >= 4 is 19.8 Å². The number of aryl methyl sites for hydroxylation is 2. The smallest absolute Gasteiger partial charge is 0.466 e. The predicted molar refractivity (Wildman–Crippen MR) is 212 cm³/mol. The number of ether oxygens (including phenoxy) is 2. The fraction of sp³-hybridized carbons (Fsp3) is 0.805. The van der Waals surface area contributed by atoms with Crippen molar-refractivity contribution in [3.8, 4) is 0 Å². The van der Waals surface area contributed by atoms with E-state index in [2.05, 4.69) is 33.8 Å². The van der Waals surface area contributed by atoms with Crippen LogP contribution < -0.4 is 5.73 Å². The molecule has 314 valence electrons. The highest BCUT2D eigenvalue weighted by atomic mass is 31.2. The maximum Gasteiger partial charge on any atom is 0.472 e. The zero-order valence-electron chi connectivity index (χ0n) is 33.9. The molecular formula is C41H74NO11P. The number of nitrogens with two attached hydrogens (primary N) is 1. The lowest BCUT2D eigenvalue weighted by atomic mass is 10.0. The van der Waals surface area contributed by atoms with Crippen molar-refractivity contribution in [2.24, 2.45) is 5.73 Å². The van der Waals surface area contributed by atoms with Gasteiger partial charge in [-0.2, -0.15) is 0 Å². The minimum Gasteiger partial charge on any atom is -0.466 e. The topological polar surface area (TPSA) is 188 Å². The van der Waals surface area contributed by atoms with E-state index in [0.29, 0.717) is 25.7 Å². The number of aliphatic hydroxyl groups excluding tert-OH is 2. The summed E-state index contributed by atoms with van der Waals surface area (Å²) in [6.07, 6.45) is 19.9. The van der Waals surface area contributed by atoms with E-state index in [9.17, 15) is 29.3 Å². The maximum atomic E-state index is 12.6. The van der Waals surface area contributed by atoms with Gasteiger partial charge in [0, 0.05) is 32.2 Å². The van der Waals surface area contributed by atoms with E-state index < -0.39 is 44.7 Å². The summed E-state index contributed by atoms with van der Waals surface area (Å²) in [5.74, 6) is 1.23. The van der Waals surface area contributed by atoms with Gasteiger partial charge in [0.25, 0.3) is 0 Å². The second kappa shape index (κ2) is 31.1. The molecule has 0 amide bonds. The van der Waals surface area contributed by atoms with Gasteiger partial charge in [-0.05, 0) is 76.3 Å². The van der Waals surface area contributed by atoms with Crippen LogP contribution in [0.15, 0.2) is 16.6 Å². The first kappa shape index (κ1) is 50.0. The predicted octanol–water partition coefficient (Wildman–Crippen LogP) is 8.65. The van der Waals surface area contributed by atoms with Crippen molar-refractivity contribution in [2.45, 2.75) is 187 Å². The average Bonchev–Trinajstić information content (AvgIpc) is 3.41. The summed E-state index contributed by atoms with van der Waals surface area (Å²) < 4.78 is 38.8. The number of hydrogen-bond acceptors (Lipinski definition) is 11. The summed E-state index contributed by atoms with van der Waals surface area (Å²) in [6.45, 7) is 7.62. The molecule has 1 unspecified atom stereocenters. The van der Waals surface area contributed by atoms with Crippen molar-refractivity contribution < 1.29 is 52.2 Å². The van der Waals surface area contributed by atoms with Crippen LogP contribution in [0.25, 0.3) is 0 Å². The second-order valence-electron chi connectivity index (χ2n) is 14.4. The Balaban J connectivity index is 2.33. The van der Waals surface area contributed by atoms with Crippen molar-refractivity contribution in [1.29, 1.82) is 0 Å². The number of aliphatic hydroxyl groups is 2. The second-order valence-corrected chi connectivity index (χ2v) is 15.8. The summed E-state index contributed by atoms with van der Waals surface area (Å²) in [7, 11) is -4.42. The molecule has 0 fully saturated rings. The molecular weight excluding hydrogens is 713 g/mol. The summed E-state index contributed by atoms with van der Waals surface area (Å²) >= 11 is 0. The van der Waals surface area contributed by atoms with Gasteiger partial charge < -0.3 is 34.7 Å². The number of carbonyl (C=O) groups excluding carboxylic acids is 2. The molecule has 12 nitrogen and oxygen atoms in total. The van der Waals surface area contributed by atoms with Gasteiger partial charge in [0.1, 0.15) is 18.1 Å². The van der Waals surface area contributed by atoms with Crippen LogP contribution in [-0.2, 0) is 45.5 Å². The third kappa shape index (κ3) is 24.5. The van der Waals surface area contributed by atoms with E-state index in [1.165, 1.54) is 24.0 Å². The first-order valence-corrected chi connectivity index (χ1v) is 22.2. The number of furan rings is 1. The average molecular weight is 788 g/mol. The van der Waals surface area contributed by atoms with Gasteiger partial charge in [-0.15, -0.1) is 0 Å². The number of hydrogen-bond donors (Lipinski definition) is 4. The van der Waals surface area contributed by atoms with Gasteiger partial charge in [-0.25, -0.2) is 4.57 Å². The molecule has 0 bridgehead atoms. The first-order valence-electron chi connectivity index (χ1n) is 20.7. The highest BCUT2D eigenvalue weighted by Crippen LogP contribution is 2.43. The molecule has 1 aromatic rings. The first-order chi connectivity index (χ1) is 25.9. The molecule has 13 heteroatoms. The van der Waals surface area contributed by atoms with E-state index >= 15 is 0 Å². The normalized spacial score (nSPS) is 14.6.